The van der Waals surface area contributed by atoms with Gasteiger partial charge in [-0.25, -0.2) is 0 Å². The molecule has 0 bridgehead atoms. The minimum absolute atomic E-state index is 0.0543. The van der Waals surface area contributed by atoms with Gasteiger partial charge in [0.25, 0.3) is 5.91 Å². The smallest absolute Gasteiger partial charge is 0.255 e. The molecule has 27 heavy (non-hydrogen) atoms. The number of aliphatic hydroxyl groups is 1. The van der Waals surface area contributed by atoms with Crippen molar-refractivity contribution in [2.45, 2.75) is 18.7 Å². The molecule has 4 rings (SSSR count). The quantitative estimate of drug-likeness (QED) is 0.745. The Hall–Kier alpha value is -3.11. The summed E-state index contributed by atoms with van der Waals surface area (Å²) in [6.45, 7) is 0.423. The maximum absolute atomic E-state index is 13.1. The van der Waals surface area contributed by atoms with Crippen LogP contribution in [0.15, 0.2) is 78.9 Å². The van der Waals surface area contributed by atoms with Crippen LogP contribution in [0.4, 0.5) is 0 Å². The first kappa shape index (κ1) is 17.3. The van der Waals surface area contributed by atoms with Gasteiger partial charge in [-0.3, -0.25) is 4.79 Å². The standard InChI is InChI=1S/C23H21NO3/c1-27-18-13-11-16(12-14-18)15-24-21(22(25)17-7-3-2-4-8-17)19-9-5-6-10-20(19)23(24)26/h2-14,21-22,25H,15H2,1H3/t21-,22-/m1/s1. The van der Waals surface area contributed by atoms with E-state index in [9.17, 15) is 9.90 Å². The summed E-state index contributed by atoms with van der Waals surface area (Å²) in [5.41, 5.74) is 3.31. The molecule has 3 aromatic rings. The van der Waals surface area contributed by atoms with E-state index in [1.807, 2.05) is 78.9 Å². The van der Waals surface area contributed by atoms with E-state index in [0.29, 0.717) is 12.1 Å². The molecule has 0 aromatic heterocycles. The Bertz CT molecular complexity index is 937. The third-order valence-electron chi connectivity index (χ3n) is 5.06. The molecule has 136 valence electrons. The van der Waals surface area contributed by atoms with Crippen molar-refractivity contribution in [3.8, 4) is 5.75 Å². The molecule has 1 amide bonds. The number of ether oxygens (including phenoxy) is 1. The number of benzene rings is 3. The average molecular weight is 359 g/mol. The van der Waals surface area contributed by atoms with Crippen LogP contribution in [-0.2, 0) is 6.54 Å². The molecule has 4 heteroatoms. The van der Waals surface area contributed by atoms with E-state index in [-0.39, 0.29) is 5.91 Å². The maximum Gasteiger partial charge on any atom is 0.255 e. The second kappa shape index (κ2) is 7.25. The predicted molar refractivity (Wildman–Crippen MR) is 103 cm³/mol. The molecule has 0 saturated carbocycles. The minimum atomic E-state index is -0.794. The highest BCUT2D eigenvalue weighted by Crippen LogP contribution is 2.42. The predicted octanol–water partition coefficient (Wildman–Crippen LogP) is 4.13. The zero-order chi connectivity index (χ0) is 18.8. The minimum Gasteiger partial charge on any atom is -0.497 e. The summed E-state index contributed by atoms with van der Waals surface area (Å²) >= 11 is 0. The number of carbonyl (C=O) groups excluding carboxylic acids is 1. The fourth-order valence-electron chi connectivity index (χ4n) is 3.67. The van der Waals surface area contributed by atoms with Crippen LogP contribution in [0.5, 0.6) is 5.75 Å². The molecular formula is C23H21NO3. The molecule has 1 aliphatic rings. The second-order valence-corrected chi connectivity index (χ2v) is 6.67. The Labute approximate surface area is 158 Å². The number of amides is 1. The second-order valence-electron chi connectivity index (χ2n) is 6.67. The van der Waals surface area contributed by atoms with E-state index in [1.165, 1.54) is 0 Å². The van der Waals surface area contributed by atoms with Crippen LogP contribution in [0.1, 0.15) is 39.2 Å². The van der Waals surface area contributed by atoms with Crippen LogP contribution in [0.25, 0.3) is 0 Å². The third kappa shape index (κ3) is 3.20. The highest BCUT2D eigenvalue weighted by molar-refractivity contribution is 5.99. The van der Waals surface area contributed by atoms with E-state index < -0.39 is 12.1 Å². The van der Waals surface area contributed by atoms with Crippen molar-refractivity contribution in [3.05, 3.63) is 101 Å². The summed E-state index contributed by atoms with van der Waals surface area (Å²) in [4.78, 5) is 14.8. The van der Waals surface area contributed by atoms with Gasteiger partial charge >= 0.3 is 0 Å². The lowest BCUT2D eigenvalue weighted by Crippen LogP contribution is -2.31. The molecule has 0 radical (unpaired) electrons. The van der Waals surface area contributed by atoms with Crippen molar-refractivity contribution in [2.24, 2.45) is 0 Å². The first-order valence-electron chi connectivity index (χ1n) is 8.95. The summed E-state index contributed by atoms with van der Waals surface area (Å²) in [6, 6.07) is 24.3. The van der Waals surface area contributed by atoms with Crippen LogP contribution in [0.2, 0.25) is 0 Å². The molecule has 3 aromatic carbocycles. The van der Waals surface area contributed by atoms with Crippen LogP contribution < -0.4 is 4.74 Å². The number of methoxy groups -OCH3 is 1. The number of aliphatic hydroxyl groups excluding tert-OH is 1. The lowest BCUT2D eigenvalue weighted by Gasteiger charge is -2.30. The Balaban J connectivity index is 1.70. The lowest BCUT2D eigenvalue weighted by atomic mass is 9.95. The fourth-order valence-corrected chi connectivity index (χ4v) is 3.67. The number of carbonyl (C=O) groups is 1. The molecule has 1 N–H and O–H groups in total. The molecular weight excluding hydrogens is 338 g/mol. The Morgan fingerprint density at radius 2 is 1.63 bits per heavy atom. The first-order valence-corrected chi connectivity index (χ1v) is 8.95. The van der Waals surface area contributed by atoms with Crippen molar-refractivity contribution in [1.82, 2.24) is 4.90 Å². The van der Waals surface area contributed by atoms with Gasteiger partial charge in [0.15, 0.2) is 0 Å². The van der Waals surface area contributed by atoms with Gasteiger partial charge in [-0.05, 0) is 34.9 Å². The number of nitrogens with zero attached hydrogens (tertiary/aromatic N) is 1. The van der Waals surface area contributed by atoms with Crippen LogP contribution in [-0.4, -0.2) is 23.0 Å². The molecule has 1 heterocycles. The summed E-state index contributed by atoms with van der Waals surface area (Å²) in [6.07, 6.45) is -0.794. The highest BCUT2D eigenvalue weighted by atomic mass is 16.5. The van der Waals surface area contributed by atoms with Crippen LogP contribution in [0.3, 0.4) is 0 Å². The molecule has 0 aliphatic carbocycles. The summed E-state index contributed by atoms with van der Waals surface area (Å²) in [7, 11) is 1.63. The van der Waals surface area contributed by atoms with Crippen molar-refractivity contribution < 1.29 is 14.6 Å². The monoisotopic (exact) mass is 359 g/mol. The van der Waals surface area contributed by atoms with Gasteiger partial charge in [0.2, 0.25) is 0 Å². The normalized spacial score (nSPS) is 16.9. The maximum atomic E-state index is 13.1. The van der Waals surface area contributed by atoms with Gasteiger partial charge in [0.05, 0.1) is 13.2 Å². The zero-order valence-corrected chi connectivity index (χ0v) is 15.1. The largest absolute Gasteiger partial charge is 0.497 e. The Morgan fingerprint density at radius 1 is 0.963 bits per heavy atom. The lowest BCUT2D eigenvalue weighted by molar-refractivity contribution is 0.0399. The first-order chi connectivity index (χ1) is 13.2. The van der Waals surface area contributed by atoms with E-state index in [1.54, 1.807) is 12.0 Å². The number of rotatable bonds is 5. The van der Waals surface area contributed by atoms with Gasteiger partial charge in [0.1, 0.15) is 11.9 Å². The molecule has 0 saturated heterocycles. The van der Waals surface area contributed by atoms with Gasteiger partial charge in [-0.2, -0.15) is 0 Å². The third-order valence-corrected chi connectivity index (χ3v) is 5.06. The number of hydrogen-bond acceptors (Lipinski definition) is 3. The van der Waals surface area contributed by atoms with E-state index in [2.05, 4.69) is 0 Å². The number of fused-ring (bicyclic) bond motifs is 1. The van der Waals surface area contributed by atoms with Crippen molar-refractivity contribution in [1.29, 1.82) is 0 Å². The van der Waals surface area contributed by atoms with E-state index in [4.69, 9.17) is 4.74 Å². The van der Waals surface area contributed by atoms with Gasteiger partial charge in [0, 0.05) is 12.1 Å². The van der Waals surface area contributed by atoms with Crippen molar-refractivity contribution in [2.75, 3.05) is 7.11 Å². The van der Waals surface area contributed by atoms with Crippen molar-refractivity contribution in [3.63, 3.8) is 0 Å². The van der Waals surface area contributed by atoms with Gasteiger partial charge in [-0.15, -0.1) is 0 Å². The Kier molecular flexibility index (Phi) is 4.65. The van der Waals surface area contributed by atoms with Crippen molar-refractivity contribution >= 4 is 5.91 Å². The topological polar surface area (TPSA) is 49.8 Å². The average Bonchev–Trinajstić information content (AvgIpc) is 3.01. The molecule has 0 spiro atoms. The highest BCUT2D eigenvalue weighted by Gasteiger charge is 2.40. The summed E-state index contributed by atoms with van der Waals surface area (Å²) < 4.78 is 5.21. The van der Waals surface area contributed by atoms with Crippen LogP contribution in [0, 0.1) is 0 Å². The fraction of sp³-hybridized carbons (Fsp3) is 0.174. The zero-order valence-electron chi connectivity index (χ0n) is 15.1. The SMILES string of the molecule is COc1ccc(CN2C(=O)c3ccccc3[C@@H]2[C@H](O)c2ccccc2)cc1. The molecule has 4 nitrogen and oxygen atoms in total. The van der Waals surface area contributed by atoms with E-state index >= 15 is 0 Å². The molecule has 0 fully saturated rings. The van der Waals surface area contributed by atoms with Gasteiger partial charge < -0.3 is 14.7 Å². The Morgan fingerprint density at radius 3 is 2.33 bits per heavy atom. The summed E-state index contributed by atoms with van der Waals surface area (Å²) in [5, 5.41) is 11.1. The van der Waals surface area contributed by atoms with Gasteiger partial charge in [-0.1, -0.05) is 60.7 Å². The number of hydrogen-bond donors (Lipinski definition) is 1. The van der Waals surface area contributed by atoms with Crippen LogP contribution >= 0.6 is 0 Å². The molecule has 0 unspecified atom stereocenters. The molecule has 1 aliphatic heterocycles. The van der Waals surface area contributed by atoms with E-state index in [0.717, 1.165) is 22.4 Å². The summed E-state index contributed by atoms with van der Waals surface area (Å²) in [5.74, 6) is 0.719. The molecule has 2 atom stereocenters.